The molecule has 4 heteroatoms. The average Bonchev–Trinajstić information content (AvgIpc) is 3.13. The summed E-state index contributed by atoms with van der Waals surface area (Å²) in [6.07, 6.45) is 6.30. The molecule has 0 aromatic heterocycles. The van der Waals surface area contributed by atoms with Crippen LogP contribution in [-0.4, -0.2) is 11.8 Å². The van der Waals surface area contributed by atoms with Crippen molar-refractivity contribution < 1.29 is 9.59 Å². The number of anilines is 2. The van der Waals surface area contributed by atoms with Gasteiger partial charge in [-0.1, -0.05) is 19.4 Å². The van der Waals surface area contributed by atoms with Crippen LogP contribution in [0.2, 0.25) is 0 Å². The van der Waals surface area contributed by atoms with Crippen molar-refractivity contribution in [2.24, 2.45) is 17.8 Å². The molecule has 2 N–H and O–H groups in total. The Morgan fingerprint density at radius 1 is 1.13 bits per heavy atom. The van der Waals surface area contributed by atoms with Crippen LogP contribution in [0.25, 0.3) is 0 Å². The summed E-state index contributed by atoms with van der Waals surface area (Å²) in [5.41, 5.74) is 2.55. The van der Waals surface area contributed by atoms with Gasteiger partial charge in [0.05, 0.1) is 0 Å². The fraction of sp³-hybridized carbons (Fsp3) is 0.579. The van der Waals surface area contributed by atoms with Crippen molar-refractivity contribution in [3.8, 4) is 0 Å². The topological polar surface area (TPSA) is 58.2 Å². The van der Waals surface area contributed by atoms with Gasteiger partial charge in [-0.3, -0.25) is 9.59 Å². The normalized spacial score (nSPS) is 25.4. The minimum Gasteiger partial charge on any atom is -0.326 e. The third-order valence-corrected chi connectivity index (χ3v) is 5.45. The van der Waals surface area contributed by atoms with E-state index in [2.05, 4.69) is 10.6 Å². The van der Waals surface area contributed by atoms with Crippen LogP contribution in [0.1, 0.15) is 51.0 Å². The first-order valence-corrected chi connectivity index (χ1v) is 8.75. The zero-order chi connectivity index (χ0) is 16.4. The maximum absolute atomic E-state index is 12.4. The summed E-state index contributed by atoms with van der Waals surface area (Å²) in [5, 5.41) is 5.88. The Labute approximate surface area is 138 Å². The van der Waals surface area contributed by atoms with E-state index in [-0.39, 0.29) is 11.8 Å². The van der Waals surface area contributed by atoms with E-state index >= 15 is 0 Å². The number of hydrogen-bond donors (Lipinski definition) is 2. The van der Waals surface area contributed by atoms with E-state index in [1.54, 1.807) is 0 Å². The average molecular weight is 314 g/mol. The van der Waals surface area contributed by atoms with Crippen molar-refractivity contribution in [1.29, 1.82) is 0 Å². The van der Waals surface area contributed by atoms with E-state index in [1.165, 1.54) is 25.7 Å². The van der Waals surface area contributed by atoms with Gasteiger partial charge < -0.3 is 10.6 Å². The number of carbonyl (C=O) groups excluding carboxylic acids is 2. The zero-order valence-electron chi connectivity index (χ0n) is 14.0. The molecule has 2 saturated carbocycles. The van der Waals surface area contributed by atoms with Crippen LogP contribution in [0.3, 0.4) is 0 Å². The van der Waals surface area contributed by atoms with E-state index < -0.39 is 0 Å². The Hall–Kier alpha value is -1.84. The molecule has 1 aromatic carbocycles. The molecule has 3 atom stereocenters. The van der Waals surface area contributed by atoms with Gasteiger partial charge in [0.15, 0.2) is 0 Å². The molecule has 0 radical (unpaired) electrons. The highest BCUT2D eigenvalue weighted by atomic mass is 16.2. The highest BCUT2D eigenvalue weighted by molar-refractivity contribution is 5.94. The number of aryl methyl sites for hydroxylation is 1. The van der Waals surface area contributed by atoms with Crippen LogP contribution in [0.4, 0.5) is 11.4 Å². The van der Waals surface area contributed by atoms with Crippen molar-refractivity contribution in [3.63, 3.8) is 0 Å². The monoisotopic (exact) mass is 314 g/mol. The second-order valence-electron chi connectivity index (χ2n) is 7.12. The standard InChI is InChI=1S/C19H26N2O2/c1-3-18(22)20-16-7-4-12(2)17(11-16)21-19(23)10-15-9-13-5-6-14(15)8-13/h4,7,11,13-15H,3,5-6,8-10H2,1-2H3,(H,20,22)(H,21,23). The molecule has 2 bridgehead atoms. The van der Waals surface area contributed by atoms with Crippen molar-refractivity contribution in [1.82, 2.24) is 0 Å². The smallest absolute Gasteiger partial charge is 0.224 e. The Morgan fingerprint density at radius 2 is 1.96 bits per heavy atom. The molecule has 0 spiro atoms. The van der Waals surface area contributed by atoms with Gasteiger partial charge in [0.25, 0.3) is 0 Å². The summed E-state index contributed by atoms with van der Waals surface area (Å²) in [6, 6.07) is 5.65. The summed E-state index contributed by atoms with van der Waals surface area (Å²) >= 11 is 0. The van der Waals surface area contributed by atoms with Crippen molar-refractivity contribution in [2.45, 2.75) is 52.4 Å². The Morgan fingerprint density at radius 3 is 2.61 bits per heavy atom. The van der Waals surface area contributed by atoms with E-state index in [0.717, 1.165) is 28.8 Å². The fourth-order valence-corrected chi connectivity index (χ4v) is 4.15. The lowest BCUT2D eigenvalue weighted by Gasteiger charge is -2.21. The summed E-state index contributed by atoms with van der Waals surface area (Å²) in [5.74, 6) is 2.28. The van der Waals surface area contributed by atoms with Gasteiger partial charge in [-0.15, -0.1) is 0 Å². The summed E-state index contributed by atoms with van der Waals surface area (Å²) in [6.45, 7) is 3.79. The molecule has 23 heavy (non-hydrogen) atoms. The van der Waals surface area contributed by atoms with Crippen LogP contribution in [-0.2, 0) is 9.59 Å². The third kappa shape index (κ3) is 3.74. The predicted octanol–water partition coefficient (Wildman–Crippen LogP) is 4.11. The van der Waals surface area contributed by atoms with Gasteiger partial charge in [0, 0.05) is 24.2 Å². The molecule has 124 valence electrons. The molecule has 1 aromatic rings. The first-order chi connectivity index (χ1) is 11.0. The van der Waals surface area contributed by atoms with Crippen LogP contribution < -0.4 is 10.6 Å². The Kier molecular flexibility index (Phi) is 4.69. The Bertz CT molecular complexity index is 611. The maximum atomic E-state index is 12.4. The van der Waals surface area contributed by atoms with Crippen LogP contribution in [0.5, 0.6) is 0 Å². The van der Waals surface area contributed by atoms with Crippen molar-refractivity contribution in [3.05, 3.63) is 23.8 Å². The van der Waals surface area contributed by atoms with E-state index in [0.29, 0.717) is 18.8 Å². The molecule has 4 nitrogen and oxygen atoms in total. The highest BCUT2D eigenvalue weighted by Crippen LogP contribution is 2.49. The van der Waals surface area contributed by atoms with Gasteiger partial charge in [-0.2, -0.15) is 0 Å². The lowest BCUT2D eigenvalue weighted by atomic mass is 9.86. The number of benzene rings is 1. The van der Waals surface area contributed by atoms with Gasteiger partial charge in [-0.05, 0) is 61.6 Å². The second kappa shape index (κ2) is 6.73. The van der Waals surface area contributed by atoms with Gasteiger partial charge in [-0.25, -0.2) is 0 Å². The first-order valence-electron chi connectivity index (χ1n) is 8.75. The van der Waals surface area contributed by atoms with Crippen molar-refractivity contribution >= 4 is 23.2 Å². The van der Waals surface area contributed by atoms with Gasteiger partial charge >= 0.3 is 0 Å². The quantitative estimate of drug-likeness (QED) is 0.859. The SMILES string of the molecule is CCC(=O)Nc1ccc(C)c(NC(=O)CC2CC3CCC2C3)c1. The summed E-state index contributed by atoms with van der Waals surface area (Å²) in [7, 11) is 0. The molecular weight excluding hydrogens is 288 g/mol. The van der Waals surface area contributed by atoms with E-state index in [9.17, 15) is 9.59 Å². The van der Waals surface area contributed by atoms with Gasteiger partial charge in [0.1, 0.15) is 0 Å². The molecule has 2 aliphatic carbocycles. The Balaban J connectivity index is 1.61. The van der Waals surface area contributed by atoms with Gasteiger partial charge in [0.2, 0.25) is 11.8 Å². The fourth-order valence-electron chi connectivity index (χ4n) is 4.15. The van der Waals surface area contributed by atoms with E-state index in [4.69, 9.17) is 0 Å². The summed E-state index contributed by atoms with van der Waals surface area (Å²) < 4.78 is 0. The first kappa shape index (κ1) is 16.0. The lowest BCUT2D eigenvalue weighted by molar-refractivity contribution is -0.117. The number of rotatable bonds is 5. The predicted molar refractivity (Wildman–Crippen MR) is 92.3 cm³/mol. The molecule has 0 aliphatic heterocycles. The number of fused-ring (bicyclic) bond motifs is 2. The molecule has 2 aliphatic rings. The lowest BCUT2D eigenvalue weighted by Crippen LogP contribution is -2.20. The molecule has 0 saturated heterocycles. The van der Waals surface area contributed by atoms with E-state index in [1.807, 2.05) is 32.0 Å². The minimum atomic E-state index is -0.0203. The molecule has 3 unspecified atom stereocenters. The minimum absolute atomic E-state index is 0.0203. The number of amides is 2. The molecule has 3 rings (SSSR count). The second-order valence-corrected chi connectivity index (χ2v) is 7.12. The highest BCUT2D eigenvalue weighted by Gasteiger charge is 2.40. The molecule has 2 fully saturated rings. The zero-order valence-corrected chi connectivity index (χ0v) is 14.0. The third-order valence-electron chi connectivity index (χ3n) is 5.45. The molecule has 0 heterocycles. The largest absolute Gasteiger partial charge is 0.326 e. The summed E-state index contributed by atoms with van der Waals surface area (Å²) in [4.78, 5) is 23.9. The molecular formula is C19H26N2O2. The number of hydrogen-bond acceptors (Lipinski definition) is 2. The van der Waals surface area contributed by atoms with Crippen LogP contribution >= 0.6 is 0 Å². The van der Waals surface area contributed by atoms with Crippen molar-refractivity contribution in [2.75, 3.05) is 10.6 Å². The van der Waals surface area contributed by atoms with Crippen LogP contribution in [0, 0.1) is 24.7 Å². The molecule has 2 amide bonds. The van der Waals surface area contributed by atoms with Crippen LogP contribution in [0.15, 0.2) is 18.2 Å². The number of nitrogens with one attached hydrogen (secondary N) is 2. The number of carbonyl (C=O) groups is 2. The maximum Gasteiger partial charge on any atom is 0.224 e.